The standard InChI is InChI=1S/C14H15N3O3/c1-19-12-7-9(8-18)5-6-11(12)20-13-4-2-3-10(17-13)14(15)16/h2-7,18H,8H2,1H3,(H3,15,16). The van der Waals surface area contributed by atoms with E-state index < -0.39 is 0 Å². The molecule has 0 saturated heterocycles. The van der Waals surface area contributed by atoms with Crippen molar-refractivity contribution in [2.75, 3.05) is 7.11 Å². The molecule has 0 fully saturated rings. The Morgan fingerprint density at radius 3 is 2.75 bits per heavy atom. The number of methoxy groups -OCH3 is 1. The summed E-state index contributed by atoms with van der Waals surface area (Å²) in [5.41, 5.74) is 6.45. The summed E-state index contributed by atoms with van der Waals surface area (Å²) in [6.45, 7) is -0.0747. The largest absolute Gasteiger partial charge is 0.493 e. The minimum atomic E-state index is -0.127. The van der Waals surface area contributed by atoms with Crippen molar-refractivity contribution >= 4 is 5.84 Å². The Hall–Kier alpha value is -2.60. The van der Waals surface area contributed by atoms with Gasteiger partial charge in [0.2, 0.25) is 5.88 Å². The highest BCUT2D eigenvalue weighted by atomic mass is 16.5. The lowest BCUT2D eigenvalue weighted by Crippen LogP contribution is -2.13. The third kappa shape index (κ3) is 3.04. The lowest BCUT2D eigenvalue weighted by molar-refractivity contribution is 0.280. The molecule has 6 heteroatoms. The molecule has 2 rings (SSSR count). The zero-order chi connectivity index (χ0) is 14.5. The van der Waals surface area contributed by atoms with Gasteiger partial charge in [0, 0.05) is 6.07 Å². The van der Waals surface area contributed by atoms with Crippen LogP contribution in [0.4, 0.5) is 0 Å². The zero-order valence-electron chi connectivity index (χ0n) is 11.0. The third-order valence-electron chi connectivity index (χ3n) is 2.62. The molecular weight excluding hydrogens is 258 g/mol. The molecule has 20 heavy (non-hydrogen) atoms. The summed E-state index contributed by atoms with van der Waals surface area (Å²) in [7, 11) is 1.52. The van der Waals surface area contributed by atoms with E-state index >= 15 is 0 Å². The van der Waals surface area contributed by atoms with Crippen molar-refractivity contribution in [2.45, 2.75) is 6.61 Å². The third-order valence-corrected chi connectivity index (χ3v) is 2.62. The summed E-state index contributed by atoms with van der Waals surface area (Å²) in [6, 6.07) is 10.1. The van der Waals surface area contributed by atoms with Gasteiger partial charge in [-0.25, -0.2) is 4.98 Å². The topological polar surface area (TPSA) is 101 Å². The number of nitrogens with two attached hydrogens (primary N) is 1. The van der Waals surface area contributed by atoms with E-state index in [1.54, 1.807) is 36.4 Å². The van der Waals surface area contributed by atoms with Gasteiger partial charge in [-0.05, 0) is 23.8 Å². The van der Waals surface area contributed by atoms with Gasteiger partial charge in [-0.2, -0.15) is 0 Å². The summed E-state index contributed by atoms with van der Waals surface area (Å²) in [6.07, 6.45) is 0. The first-order valence-electron chi connectivity index (χ1n) is 5.91. The highest BCUT2D eigenvalue weighted by molar-refractivity contribution is 5.93. The van der Waals surface area contributed by atoms with Crippen molar-refractivity contribution in [3.63, 3.8) is 0 Å². The SMILES string of the molecule is COc1cc(CO)ccc1Oc1cccc(C(=N)N)n1. The molecular formula is C14H15N3O3. The molecule has 0 aliphatic rings. The lowest BCUT2D eigenvalue weighted by Gasteiger charge is -2.11. The van der Waals surface area contributed by atoms with E-state index in [4.69, 9.17) is 25.7 Å². The molecule has 0 amide bonds. The first kappa shape index (κ1) is 13.8. The average molecular weight is 273 g/mol. The van der Waals surface area contributed by atoms with Crippen molar-refractivity contribution in [3.8, 4) is 17.4 Å². The van der Waals surface area contributed by atoms with Gasteiger partial charge in [0.05, 0.1) is 13.7 Å². The van der Waals surface area contributed by atoms with Gasteiger partial charge in [0.1, 0.15) is 11.5 Å². The Kier molecular flexibility index (Phi) is 4.17. The van der Waals surface area contributed by atoms with Crippen LogP contribution in [0.25, 0.3) is 0 Å². The van der Waals surface area contributed by atoms with Gasteiger partial charge in [0.15, 0.2) is 11.5 Å². The average Bonchev–Trinajstić information content (AvgIpc) is 2.48. The number of nitrogen functional groups attached to an aromatic ring is 1. The second-order valence-electron chi connectivity index (χ2n) is 4.02. The van der Waals surface area contributed by atoms with E-state index in [1.807, 2.05) is 0 Å². The maximum Gasteiger partial charge on any atom is 0.220 e. The van der Waals surface area contributed by atoms with Gasteiger partial charge < -0.3 is 20.3 Å². The maximum absolute atomic E-state index is 9.09. The molecule has 0 bridgehead atoms. The number of nitrogens with zero attached hydrogens (tertiary/aromatic N) is 1. The Labute approximate surface area is 116 Å². The molecule has 2 aromatic rings. The molecule has 0 aliphatic carbocycles. The molecule has 1 aromatic carbocycles. The van der Waals surface area contributed by atoms with Crippen LogP contribution in [0.5, 0.6) is 17.4 Å². The molecule has 0 unspecified atom stereocenters. The summed E-state index contributed by atoms with van der Waals surface area (Å²) in [5.74, 6) is 1.15. The van der Waals surface area contributed by atoms with Crippen molar-refractivity contribution in [3.05, 3.63) is 47.7 Å². The van der Waals surface area contributed by atoms with E-state index in [9.17, 15) is 0 Å². The number of aliphatic hydroxyl groups is 1. The molecule has 0 spiro atoms. The molecule has 0 atom stereocenters. The quantitative estimate of drug-likeness (QED) is 0.568. The second-order valence-corrected chi connectivity index (χ2v) is 4.02. The molecule has 0 aliphatic heterocycles. The maximum atomic E-state index is 9.09. The zero-order valence-corrected chi connectivity index (χ0v) is 11.0. The number of rotatable bonds is 5. The summed E-state index contributed by atoms with van der Waals surface area (Å²) >= 11 is 0. The smallest absolute Gasteiger partial charge is 0.220 e. The first-order chi connectivity index (χ1) is 9.63. The van der Waals surface area contributed by atoms with Crippen LogP contribution in [-0.4, -0.2) is 23.0 Å². The van der Waals surface area contributed by atoms with Crippen LogP contribution in [-0.2, 0) is 6.61 Å². The number of nitrogens with one attached hydrogen (secondary N) is 1. The minimum Gasteiger partial charge on any atom is -0.493 e. The van der Waals surface area contributed by atoms with E-state index in [2.05, 4.69) is 4.98 Å². The van der Waals surface area contributed by atoms with E-state index in [0.29, 0.717) is 23.1 Å². The fourth-order valence-electron chi connectivity index (χ4n) is 1.63. The molecule has 1 aromatic heterocycles. The normalized spacial score (nSPS) is 10.1. The van der Waals surface area contributed by atoms with E-state index in [0.717, 1.165) is 5.56 Å². The van der Waals surface area contributed by atoms with Gasteiger partial charge in [-0.15, -0.1) is 0 Å². The molecule has 1 heterocycles. The number of aromatic nitrogens is 1. The molecule has 0 saturated carbocycles. The van der Waals surface area contributed by atoms with Gasteiger partial charge in [-0.1, -0.05) is 12.1 Å². The number of pyridine rings is 1. The van der Waals surface area contributed by atoms with Crippen LogP contribution in [0, 0.1) is 5.41 Å². The highest BCUT2D eigenvalue weighted by Gasteiger charge is 2.08. The predicted molar refractivity (Wildman–Crippen MR) is 74.2 cm³/mol. The number of aliphatic hydroxyl groups excluding tert-OH is 1. The highest BCUT2D eigenvalue weighted by Crippen LogP contribution is 2.31. The predicted octanol–water partition coefficient (Wildman–Crippen LogP) is 1.66. The Balaban J connectivity index is 2.29. The van der Waals surface area contributed by atoms with Crippen LogP contribution < -0.4 is 15.2 Å². The van der Waals surface area contributed by atoms with Gasteiger partial charge >= 0.3 is 0 Å². The van der Waals surface area contributed by atoms with Crippen molar-refractivity contribution in [1.82, 2.24) is 4.98 Å². The molecule has 4 N–H and O–H groups in total. The Morgan fingerprint density at radius 1 is 1.30 bits per heavy atom. The fraction of sp³-hybridized carbons (Fsp3) is 0.143. The lowest BCUT2D eigenvalue weighted by atomic mass is 10.2. The number of hydrogen-bond acceptors (Lipinski definition) is 5. The van der Waals surface area contributed by atoms with Crippen LogP contribution in [0.1, 0.15) is 11.3 Å². The summed E-state index contributed by atoms with van der Waals surface area (Å²) in [5, 5.41) is 16.4. The Morgan fingerprint density at radius 2 is 2.10 bits per heavy atom. The van der Waals surface area contributed by atoms with Crippen molar-refractivity contribution in [2.24, 2.45) is 5.73 Å². The molecule has 0 radical (unpaired) electrons. The fourth-order valence-corrected chi connectivity index (χ4v) is 1.63. The van der Waals surface area contributed by atoms with Crippen molar-refractivity contribution < 1.29 is 14.6 Å². The molecule has 6 nitrogen and oxygen atoms in total. The van der Waals surface area contributed by atoms with Crippen LogP contribution in [0.2, 0.25) is 0 Å². The van der Waals surface area contributed by atoms with Crippen molar-refractivity contribution in [1.29, 1.82) is 5.41 Å². The van der Waals surface area contributed by atoms with Crippen LogP contribution in [0.3, 0.4) is 0 Å². The summed E-state index contributed by atoms with van der Waals surface area (Å²) in [4.78, 5) is 4.11. The molecule has 104 valence electrons. The van der Waals surface area contributed by atoms with E-state index in [1.165, 1.54) is 7.11 Å². The van der Waals surface area contributed by atoms with Crippen LogP contribution >= 0.6 is 0 Å². The Bertz CT molecular complexity index is 629. The van der Waals surface area contributed by atoms with E-state index in [-0.39, 0.29) is 12.4 Å². The first-order valence-corrected chi connectivity index (χ1v) is 5.91. The second kappa shape index (κ2) is 6.03. The van der Waals surface area contributed by atoms with Crippen LogP contribution in [0.15, 0.2) is 36.4 Å². The van der Waals surface area contributed by atoms with Gasteiger partial charge in [0.25, 0.3) is 0 Å². The monoisotopic (exact) mass is 273 g/mol. The van der Waals surface area contributed by atoms with Gasteiger partial charge in [-0.3, -0.25) is 5.41 Å². The minimum absolute atomic E-state index is 0.0747. The number of ether oxygens (including phenoxy) is 2. The number of amidine groups is 1. The summed E-state index contributed by atoms with van der Waals surface area (Å²) < 4.78 is 10.8. The number of benzene rings is 1. The number of hydrogen-bond donors (Lipinski definition) is 3.